The van der Waals surface area contributed by atoms with Gasteiger partial charge in [-0.3, -0.25) is 9.47 Å². The third kappa shape index (κ3) is 2.22. The fourth-order valence-corrected chi connectivity index (χ4v) is 2.54. The number of rotatable bonds is 2. The van der Waals surface area contributed by atoms with Crippen molar-refractivity contribution in [2.24, 2.45) is 0 Å². The van der Waals surface area contributed by atoms with Gasteiger partial charge in [-0.15, -0.1) is 0 Å². The summed E-state index contributed by atoms with van der Waals surface area (Å²) in [6, 6.07) is 1.67. The monoisotopic (exact) mass is 273 g/mol. The molecule has 0 aliphatic carbocycles. The number of imidazole rings is 1. The quantitative estimate of drug-likeness (QED) is 0.901. The van der Waals surface area contributed by atoms with Crippen molar-refractivity contribution in [2.45, 2.75) is 25.8 Å². The molecule has 1 aliphatic rings. The lowest BCUT2D eigenvalue weighted by molar-refractivity contribution is 0.139. The van der Waals surface area contributed by atoms with Crippen LogP contribution in [0.3, 0.4) is 0 Å². The van der Waals surface area contributed by atoms with E-state index in [1.807, 2.05) is 13.0 Å². The molecule has 1 fully saturated rings. The molecule has 0 saturated carbocycles. The molecule has 7 nitrogen and oxygen atoms in total. The molecule has 1 atom stereocenters. The average Bonchev–Trinajstić information content (AvgIpc) is 3.09. The van der Waals surface area contributed by atoms with E-state index < -0.39 is 6.09 Å². The zero-order chi connectivity index (χ0) is 14.1. The molecule has 0 radical (unpaired) electrons. The van der Waals surface area contributed by atoms with Gasteiger partial charge in [-0.2, -0.15) is 0 Å². The molecule has 1 saturated heterocycles. The molecule has 1 unspecified atom stereocenters. The number of hydrogen-bond donors (Lipinski definition) is 1. The number of nitrogens with zero attached hydrogens (tertiary/aromatic N) is 5. The van der Waals surface area contributed by atoms with Gasteiger partial charge in [0.1, 0.15) is 6.33 Å². The van der Waals surface area contributed by atoms with Crippen molar-refractivity contribution in [3.63, 3.8) is 0 Å². The summed E-state index contributed by atoms with van der Waals surface area (Å²) >= 11 is 0. The molecule has 0 spiro atoms. The van der Waals surface area contributed by atoms with Gasteiger partial charge in [-0.25, -0.2) is 19.7 Å². The van der Waals surface area contributed by atoms with E-state index in [4.69, 9.17) is 0 Å². The van der Waals surface area contributed by atoms with Gasteiger partial charge in [0.2, 0.25) is 5.95 Å². The summed E-state index contributed by atoms with van der Waals surface area (Å²) in [5, 5.41) is 9.23. The minimum absolute atomic E-state index is 0.184. The van der Waals surface area contributed by atoms with E-state index in [0.717, 1.165) is 24.2 Å². The summed E-state index contributed by atoms with van der Waals surface area (Å²) in [4.78, 5) is 25.5. The molecule has 2 aromatic rings. The van der Waals surface area contributed by atoms with Gasteiger partial charge >= 0.3 is 6.09 Å². The summed E-state index contributed by atoms with van der Waals surface area (Å²) in [7, 11) is 0. The highest BCUT2D eigenvalue weighted by atomic mass is 16.4. The van der Waals surface area contributed by atoms with Crippen LogP contribution in [0.15, 0.2) is 24.8 Å². The lowest BCUT2D eigenvalue weighted by Gasteiger charge is -2.21. The van der Waals surface area contributed by atoms with Gasteiger partial charge in [0.25, 0.3) is 0 Å². The Bertz CT molecular complexity index is 626. The second-order valence-corrected chi connectivity index (χ2v) is 4.84. The molecule has 3 heterocycles. The highest BCUT2D eigenvalue weighted by molar-refractivity contribution is 5.66. The predicted octanol–water partition coefficient (Wildman–Crippen LogP) is 1.79. The minimum Gasteiger partial charge on any atom is -0.465 e. The summed E-state index contributed by atoms with van der Waals surface area (Å²) in [5.74, 6) is 0.523. The molecule has 7 heteroatoms. The second-order valence-electron chi connectivity index (χ2n) is 4.84. The van der Waals surface area contributed by atoms with Crippen LogP contribution in [0.5, 0.6) is 0 Å². The van der Waals surface area contributed by atoms with Crippen LogP contribution in [-0.2, 0) is 0 Å². The van der Waals surface area contributed by atoms with Crippen molar-refractivity contribution in [3.05, 3.63) is 36.2 Å². The molecule has 0 aromatic carbocycles. The molecular formula is C13H15N5O2. The van der Waals surface area contributed by atoms with Gasteiger partial charge in [-0.1, -0.05) is 0 Å². The lowest BCUT2D eigenvalue weighted by atomic mass is 10.1. The number of aromatic nitrogens is 4. The van der Waals surface area contributed by atoms with Crippen molar-refractivity contribution in [3.8, 4) is 5.95 Å². The summed E-state index contributed by atoms with van der Waals surface area (Å²) < 4.78 is 1.72. The molecule has 104 valence electrons. The Hall–Kier alpha value is -2.44. The second kappa shape index (κ2) is 4.92. The molecule has 0 bridgehead atoms. The van der Waals surface area contributed by atoms with E-state index in [1.165, 1.54) is 4.90 Å². The fourth-order valence-electron chi connectivity index (χ4n) is 2.54. The minimum atomic E-state index is -0.895. The lowest BCUT2D eigenvalue weighted by Crippen LogP contribution is -2.29. The summed E-state index contributed by atoms with van der Waals surface area (Å²) in [5.41, 5.74) is 1.57. The Labute approximate surface area is 115 Å². The number of hydrogen-bond acceptors (Lipinski definition) is 4. The van der Waals surface area contributed by atoms with E-state index in [9.17, 15) is 9.90 Å². The van der Waals surface area contributed by atoms with E-state index in [1.54, 1.807) is 23.3 Å². The SMILES string of the molecule is Cc1cc(C2CCCN2C(=O)O)nc(-n2ccnc2)n1. The highest BCUT2D eigenvalue weighted by Crippen LogP contribution is 2.31. The summed E-state index contributed by atoms with van der Waals surface area (Å²) in [6.07, 6.45) is 5.81. The maximum atomic E-state index is 11.3. The Morgan fingerprint density at radius 3 is 3.00 bits per heavy atom. The molecular weight excluding hydrogens is 258 g/mol. The molecule has 2 aromatic heterocycles. The van der Waals surface area contributed by atoms with Crippen LogP contribution in [0.2, 0.25) is 0 Å². The third-order valence-corrected chi connectivity index (χ3v) is 3.44. The van der Waals surface area contributed by atoms with Gasteiger partial charge in [0, 0.05) is 24.6 Å². The smallest absolute Gasteiger partial charge is 0.407 e. The number of amides is 1. The van der Waals surface area contributed by atoms with Crippen molar-refractivity contribution in [1.29, 1.82) is 0 Å². The fraction of sp³-hybridized carbons (Fsp3) is 0.385. The van der Waals surface area contributed by atoms with Crippen LogP contribution < -0.4 is 0 Å². The zero-order valence-electron chi connectivity index (χ0n) is 11.1. The van der Waals surface area contributed by atoms with Crippen LogP contribution in [0.1, 0.15) is 30.3 Å². The van der Waals surface area contributed by atoms with Crippen molar-refractivity contribution < 1.29 is 9.90 Å². The van der Waals surface area contributed by atoms with Crippen molar-refractivity contribution >= 4 is 6.09 Å². The van der Waals surface area contributed by atoms with Crippen molar-refractivity contribution in [2.75, 3.05) is 6.54 Å². The summed E-state index contributed by atoms with van der Waals surface area (Å²) in [6.45, 7) is 2.44. The predicted molar refractivity (Wildman–Crippen MR) is 70.6 cm³/mol. The van der Waals surface area contributed by atoms with Crippen LogP contribution in [0.25, 0.3) is 5.95 Å². The van der Waals surface area contributed by atoms with Gasteiger partial charge in [0.05, 0.1) is 11.7 Å². The maximum Gasteiger partial charge on any atom is 0.407 e. The van der Waals surface area contributed by atoms with Crippen molar-refractivity contribution in [1.82, 2.24) is 24.4 Å². The van der Waals surface area contributed by atoms with Gasteiger partial charge < -0.3 is 5.11 Å². The third-order valence-electron chi connectivity index (χ3n) is 3.44. The number of aryl methyl sites for hydroxylation is 1. The highest BCUT2D eigenvalue weighted by Gasteiger charge is 2.31. The standard InChI is InChI=1S/C13H15N5O2/c1-9-7-10(11-3-2-5-18(11)13(19)20)16-12(15-9)17-6-4-14-8-17/h4,6-8,11H,2-3,5H2,1H3,(H,19,20). The Morgan fingerprint density at radius 2 is 2.30 bits per heavy atom. The Kier molecular flexibility index (Phi) is 3.09. The van der Waals surface area contributed by atoms with E-state index >= 15 is 0 Å². The molecule has 1 amide bonds. The number of likely N-dealkylation sites (tertiary alicyclic amines) is 1. The van der Waals surface area contributed by atoms with E-state index in [0.29, 0.717) is 12.5 Å². The molecule has 1 aliphatic heterocycles. The van der Waals surface area contributed by atoms with Crippen LogP contribution in [0.4, 0.5) is 4.79 Å². The van der Waals surface area contributed by atoms with E-state index in [2.05, 4.69) is 15.0 Å². The van der Waals surface area contributed by atoms with Gasteiger partial charge in [0.15, 0.2) is 0 Å². The van der Waals surface area contributed by atoms with E-state index in [-0.39, 0.29) is 6.04 Å². The molecule has 3 rings (SSSR count). The van der Waals surface area contributed by atoms with Crippen LogP contribution in [-0.4, -0.2) is 42.2 Å². The number of carboxylic acid groups (broad SMARTS) is 1. The van der Waals surface area contributed by atoms with Crippen LogP contribution in [0, 0.1) is 6.92 Å². The first-order valence-electron chi connectivity index (χ1n) is 6.48. The van der Waals surface area contributed by atoms with Gasteiger partial charge in [-0.05, 0) is 25.8 Å². The number of carbonyl (C=O) groups is 1. The first-order chi connectivity index (χ1) is 9.65. The normalized spacial score (nSPS) is 18.4. The Balaban J connectivity index is 2.00. The zero-order valence-corrected chi connectivity index (χ0v) is 11.1. The van der Waals surface area contributed by atoms with Crippen LogP contribution >= 0.6 is 0 Å². The topological polar surface area (TPSA) is 84.1 Å². The maximum absolute atomic E-state index is 11.3. The molecule has 20 heavy (non-hydrogen) atoms. The first-order valence-corrected chi connectivity index (χ1v) is 6.48. The molecule has 1 N–H and O–H groups in total. The first kappa shape index (κ1) is 12.6. The average molecular weight is 273 g/mol. The Morgan fingerprint density at radius 1 is 1.45 bits per heavy atom. The largest absolute Gasteiger partial charge is 0.465 e.